The molecule has 0 saturated carbocycles. The SMILES string of the molecule is C[Si]12c3c4ccc5c3C3(NCOc6cccc(c63)O5)[n+]3ccc[n+](c31)C13NCOc5cccc(c51)Oc1ccc-4c2c13. The molecule has 200 valence electrons. The Balaban J connectivity index is 1.36. The molecule has 2 N–H and O–H groups in total. The lowest BCUT2D eigenvalue weighted by Gasteiger charge is -2.48. The maximum atomic E-state index is 6.72. The van der Waals surface area contributed by atoms with Crippen LogP contribution in [-0.4, -0.2) is 21.5 Å². The number of ether oxygens (including phenoxy) is 4. The predicted octanol–water partition coefficient (Wildman–Crippen LogP) is 1.56. The molecule has 0 bridgehead atoms. The summed E-state index contributed by atoms with van der Waals surface area (Å²) in [4.78, 5) is 0. The Kier molecular flexibility index (Phi) is 3.12. The van der Waals surface area contributed by atoms with Gasteiger partial charge in [0.2, 0.25) is 0 Å². The van der Waals surface area contributed by atoms with E-state index in [-0.39, 0.29) is 0 Å². The minimum absolute atomic E-state index is 0.388. The van der Waals surface area contributed by atoms with Gasteiger partial charge >= 0.3 is 13.5 Å². The van der Waals surface area contributed by atoms with Gasteiger partial charge in [0.1, 0.15) is 59.1 Å². The zero-order valence-electron chi connectivity index (χ0n) is 22.4. The minimum atomic E-state index is -2.62. The van der Waals surface area contributed by atoms with Gasteiger partial charge in [-0.3, -0.25) is 0 Å². The summed E-state index contributed by atoms with van der Waals surface area (Å²) in [6, 6.07) is 23.3. The molecule has 0 aliphatic carbocycles. The van der Waals surface area contributed by atoms with Gasteiger partial charge in [-0.05, 0) is 64.4 Å². The highest BCUT2D eigenvalue weighted by atomic mass is 28.3. The van der Waals surface area contributed by atoms with E-state index >= 15 is 0 Å². The number of fused-ring (bicyclic) bond motifs is 1. The zero-order chi connectivity index (χ0) is 27.2. The van der Waals surface area contributed by atoms with Crippen LogP contribution in [0.5, 0.6) is 34.5 Å². The van der Waals surface area contributed by atoms with Crippen molar-refractivity contribution >= 4 is 23.9 Å². The molecule has 0 saturated heterocycles. The number of aromatic nitrogens is 2. The predicted molar refractivity (Wildman–Crippen MR) is 152 cm³/mol. The maximum absolute atomic E-state index is 6.72. The highest BCUT2D eigenvalue weighted by Crippen LogP contribution is 2.56. The highest BCUT2D eigenvalue weighted by molar-refractivity contribution is 7.12. The lowest BCUT2D eigenvalue weighted by molar-refractivity contribution is -0.847. The fourth-order valence-corrected chi connectivity index (χ4v) is 14.7. The molecule has 2 spiro atoms. The van der Waals surface area contributed by atoms with Gasteiger partial charge < -0.3 is 18.9 Å². The summed E-state index contributed by atoms with van der Waals surface area (Å²) in [5.41, 5.74) is 7.01. The summed E-state index contributed by atoms with van der Waals surface area (Å²) in [5.74, 6) is 5.16. The summed E-state index contributed by atoms with van der Waals surface area (Å²) in [7, 11) is -2.62. The fraction of sp³-hybridized carbons (Fsp3) is 0.152. The third-order valence-corrected chi connectivity index (χ3v) is 15.1. The van der Waals surface area contributed by atoms with Crippen molar-refractivity contribution in [2.24, 2.45) is 0 Å². The molecule has 2 atom stereocenters. The molecular weight excluding hydrogens is 544 g/mol. The van der Waals surface area contributed by atoms with Crippen LogP contribution in [0, 0.1) is 0 Å². The summed E-state index contributed by atoms with van der Waals surface area (Å²) < 4.78 is 30.9. The van der Waals surface area contributed by atoms with Crippen LogP contribution >= 0.6 is 0 Å². The Morgan fingerprint density at radius 1 is 0.595 bits per heavy atom. The first-order valence-corrected chi connectivity index (χ1v) is 16.9. The number of benzene rings is 4. The summed E-state index contributed by atoms with van der Waals surface area (Å²) in [5, 5.41) is 10.6. The molecule has 4 aromatic carbocycles. The van der Waals surface area contributed by atoms with E-state index in [1.165, 1.54) is 38.1 Å². The van der Waals surface area contributed by atoms with Gasteiger partial charge in [0, 0.05) is 0 Å². The van der Waals surface area contributed by atoms with E-state index in [1.54, 1.807) is 0 Å². The van der Waals surface area contributed by atoms with Gasteiger partial charge in [0.25, 0.3) is 11.3 Å². The second-order valence-electron chi connectivity index (χ2n) is 12.2. The van der Waals surface area contributed by atoms with Crippen LogP contribution in [0.15, 0.2) is 79.1 Å². The van der Waals surface area contributed by atoms with Crippen LogP contribution in [-0.2, 0) is 11.3 Å². The largest absolute Gasteiger partial charge is 0.477 e. The van der Waals surface area contributed by atoms with Crippen molar-refractivity contribution in [3.8, 4) is 45.6 Å². The van der Waals surface area contributed by atoms with E-state index in [2.05, 4.69) is 93.3 Å². The van der Waals surface area contributed by atoms with Crippen molar-refractivity contribution in [2.75, 3.05) is 13.5 Å². The molecule has 7 aliphatic heterocycles. The zero-order valence-corrected chi connectivity index (χ0v) is 23.4. The van der Waals surface area contributed by atoms with Crippen LogP contribution in [0.2, 0.25) is 6.55 Å². The first kappa shape index (κ1) is 21.1. The standard InChI is InChI=1S/C33H22N4O4Si/c1-42-29-17-9-11-23-27(29)32(25-19(38-15-34-32)5-2-7-21(25)40-23)36-13-4-14-37(31(36)42)33-26-20(39-16-35-33)6-3-8-22(26)41-24-12-10-18(17)30(42)28(24)33/h2-14,34-35H,15-16H2,1H3/q+2. The van der Waals surface area contributed by atoms with E-state index < -0.39 is 19.4 Å². The van der Waals surface area contributed by atoms with E-state index in [4.69, 9.17) is 18.9 Å². The van der Waals surface area contributed by atoms with Gasteiger partial charge in [0.15, 0.2) is 12.4 Å². The smallest absolute Gasteiger partial charge is 0.383 e. The monoisotopic (exact) mass is 566 g/mol. The molecule has 1 aromatic heterocycles. The molecule has 0 radical (unpaired) electrons. The lowest BCUT2D eigenvalue weighted by Crippen LogP contribution is -2.98. The fourth-order valence-electron chi connectivity index (χ4n) is 9.46. The molecule has 5 aromatic rings. The van der Waals surface area contributed by atoms with Gasteiger partial charge in [-0.15, -0.1) is 9.13 Å². The first-order chi connectivity index (χ1) is 20.7. The number of hydrogen-bond donors (Lipinski definition) is 2. The Labute approximate surface area is 240 Å². The molecule has 8 nitrogen and oxygen atoms in total. The second-order valence-corrected chi connectivity index (χ2v) is 15.9. The Hall–Kier alpha value is -4.70. The van der Waals surface area contributed by atoms with Crippen molar-refractivity contribution in [3.05, 3.63) is 101 Å². The van der Waals surface area contributed by atoms with Crippen LogP contribution in [0.25, 0.3) is 11.1 Å². The molecule has 12 rings (SSSR count). The Morgan fingerprint density at radius 3 is 1.60 bits per heavy atom. The van der Waals surface area contributed by atoms with Crippen LogP contribution in [0.3, 0.4) is 0 Å². The van der Waals surface area contributed by atoms with Crippen LogP contribution < -0.4 is 54.5 Å². The molecule has 42 heavy (non-hydrogen) atoms. The topological polar surface area (TPSA) is 68.7 Å². The molecule has 9 heteroatoms. The van der Waals surface area contributed by atoms with Crippen molar-refractivity contribution in [1.82, 2.24) is 10.6 Å². The minimum Gasteiger partial charge on any atom is -0.477 e. The van der Waals surface area contributed by atoms with Crippen LogP contribution in [0.4, 0.5) is 0 Å². The number of rotatable bonds is 0. The molecule has 0 amide bonds. The molecule has 2 unspecified atom stereocenters. The van der Waals surface area contributed by atoms with E-state index in [0.717, 1.165) is 45.6 Å². The van der Waals surface area contributed by atoms with Gasteiger partial charge in [-0.25, -0.2) is 10.6 Å². The summed E-state index contributed by atoms with van der Waals surface area (Å²) in [6.07, 6.45) is 4.51. The quantitative estimate of drug-likeness (QED) is 0.219. The lowest BCUT2D eigenvalue weighted by atomic mass is 9.83. The Morgan fingerprint density at radius 2 is 1.07 bits per heavy atom. The van der Waals surface area contributed by atoms with Gasteiger partial charge in [0.05, 0.1) is 17.2 Å². The van der Waals surface area contributed by atoms with Crippen molar-refractivity contribution in [2.45, 2.75) is 17.9 Å². The number of nitrogens with one attached hydrogen (secondary N) is 2. The molecule has 0 fully saturated rings. The third-order valence-electron chi connectivity index (χ3n) is 10.7. The average Bonchev–Trinajstić information content (AvgIpc) is 3.30. The molecular formula is C33H22N4O4Si+2. The van der Waals surface area contributed by atoms with E-state index in [0.29, 0.717) is 13.5 Å². The maximum Gasteiger partial charge on any atom is 0.383 e. The van der Waals surface area contributed by atoms with E-state index in [1.807, 2.05) is 12.1 Å². The van der Waals surface area contributed by atoms with Gasteiger partial charge in [-0.2, -0.15) is 0 Å². The highest BCUT2D eigenvalue weighted by Gasteiger charge is 2.77. The third kappa shape index (κ3) is 1.81. The number of hydrogen-bond acceptors (Lipinski definition) is 6. The van der Waals surface area contributed by atoms with Crippen LogP contribution in [0.1, 0.15) is 22.3 Å². The molecule has 7 aliphatic rings. The van der Waals surface area contributed by atoms with Gasteiger partial charge in [-0.1, -0.05) is 24.3 Å². The number of nitrogens with zero attached hydrogens (tertiary/aromatic N) is 2. The first-order valence-electron chi connectivity index (χ1n) is 14.4. The van der Waals surface area contributed by atoms with Crippen molar-refractivity contribution in [1.29, 1.82) is 0 Å². The average molecular weight is 567 g/mol. The molecule has 8 heterocycles. The van der Waals surface area contributed by atoms with Crippen molar-refractivity contribution < 1.29 is 28.1 Å². The van der Waals surface area contributed by atoms with Crippen molar-refractivity contribution in [3.63, 3.8) is 0 Å². The second kappa shape index (κ2) is 6.22. The summed E-state index contributed by atoms with van der Waals surface area (Å²) >= 11 is 0. The Bertz CT molecular complexity index is 2070. The van der Waals surface area contributed by atoms with E-state index in [9.17, 15) is 0 Å². The summed E-state index contributed by atoms with van der Waals surface area (Å²) in [6.45, 7) is 3.29. The normalized spacial score (nSPS) is 27.4.